The first-order valence-corrected chi connectivity index (χ1v) is 7.30. The summed E-state index contributed by atoms with van der Waals surface area (Å²) in [6.07, 6.45) is 7.39. The summed E-state index contributed by atoms with van der Waals surface area (Å²) in [5.74, 6) is -0.0466. The van der Waals surface area contributed by atoms with E-state index in [0.717, 1.165) is 13.1 Å². The molecule has 0 amide bonds. The van der Waals surface area contributed by atoms with Crippen molar-refractivity contribution in [1.82, 2.24) is 4.90 Å². The zero-order valence-corrected chi connectivity index (χ0v) is 11.3. The Bertz CT molecular complexity index is 276. The number of ether oxygens (including phenoxy) is 1. The third-order valence-electron chi connectivity index (χ3n) is 4.41. The molecule has 4 heteroatoms. The number of morpholine rings is 1. The van der Waals surface area contributed by atoms with Crippen molar-refractivity contribution in [2.24, 2.45) is 5.92 Å². The highest BCUT2D eigenvalue weighted by atomic mass is 16.5. The number of carboxylic acids is 1. The first-order chi connectivity index (χ1) is 8.72. The van der Waals surface area contributed by atoms with Crippen LogP contribution < -0.4 is 0 Å². The standard InChI is InChI=1S/C14H25NO3/c1-2-12(14(16)17)15-8-9-18-13(10-15)11-6-4-3-5-7-11/h11-13H,2-10H2,1H3,(H,16,17). The molecule has 0 radical (unpaired) electrons. The second-order valence-corrected chi connectivity index (χ2v) is 5.56. The molecule has 0 aromatic heterocycles. The van der Waals surface area contributed by atoms with Crippen LogP contribution in [0.4, 0.5) is 0 Å². The largest absolute Gasteiger partial charge is 0.480 e. The topological polar surface area (TPSA) is 49.8 Å². The molecule has 2 fully saturated rings. The monoisotopic (exact) mass is 255 g/mol. The summed E-state index contributed by atoms with van der Waals surface area (Å²) < 4.78 is 5.89. The van der Waals surface area contributed by atoms with E-state index in [1.165, 1.54) is 32.1 Å². The molecule has 18 heavy (non-hydrogen) atoms. The zero-order valence-electron chi connectivity index (χ0n) is 11.3. The lowest BCUT2D eigenvalue weighted by atomic mass is 9.84. The molecule has 1 aliphatic heterocycles. The smallest absolute Gasteiger partial charge is 0.320 e. The van der Waals surface area contributed by atoms with E-state index in [1.54, 1.807) is 0 Å². The molecule has 2 unspecified atom stereocenters. The Kier molecular flexibility index (Phi) is 5.01. The predicted octanol–water partition coefficient (Wildman–Crippen LogP) is 2.13. The van der Waals surface area contributed by atoms with Gasteiger partial charge in [0.05, 0.1) is 12.7 Å². The summed E-state index contributed by atoms with van der Waals surface area (Å²) >= 11 is 0. The minimum atomic E-state index is -0.693. The molecule has 4 nitrogen and oxygen atoms in total. The van der Waals surface area contributed by atoms with E-state index >= 15 is 0 Å². The van der Waals surface area contributed by atoms with Crippen LogP contribution in [0.3, 0.4) is 0 Å². The Morgan fingerprint density at radius 1 is 1.39 bits per heavy atom. The van der Waals surface area contributed by atoms with E-state index in [9.17, 15) is 9.90 Å². The average Bonchev–Trinajstić information content (AvgIpc) is 2.40. The maximum atomic E-state index is 11.2. The molecule has 1 saturated heterocycles. The van der Waals surface area contributed by atoms with E-state index < -0.39 is 5.97 Å². The highest BCUT2D eigenvalue weighted by molar-refractivity contribution is 5.73. The molecule has 1 heterocycles. The highest BCUT2D eigenvalue weighted by Crippen LogP contribution is 2.30. The lowest BCUT2D eigenvalue weighted by Crippen LogP contribution is -2.52. The van der Waals surface area contributed by atoms with Gasteiger partial charge in [0.25, 0.3) is 0 Å². The van der Waals surface area contributed by atoms with Crippen molar-refractivity contribution in [2.75, 3.05) is 19.7 Å². The third-order valence-corrected chi connectivity index (χ3v) is 4.41. The fraction of sp³-hybridized carbons (Fsp3) is 0.929. The van der Waals surface area contributed by atoms with E-state index in [1.807, 2.05) is 6.92 Å². The Morgan fingerprint density at radius 3 is 2.72 bits per heavy atom. The van der Waals surface area contributed by atoms with E-state index in [4.69, 9.17) is 4.74 Å². The third kappa shape index (κ3) is 3.23. The van der Waals surface area contributed by atoms with Crippen LogP contribution in [0.2, 0.25) is 0 Å². The van der Waals surface area contributed by atoms with Gasteiger partial charge in [0, 0.05) is 13.1 Å². The normalized spacial score (nSPS) is 29.1. The number of carbonyl (C=O) groups is 1. The van der Waals surface area contributed by atoms with Crippen molar-refractivity contribution in [2.45, 2.75) is 57.6 Å². The summed E-state index contributed by atoms with van der Waals surface area (Å²) in [6, 6.07) is -0.333. The van der Waals surface area contributed by atoms with Gasteiger partial charge in [0.15, 0.2) is 0 Å². The van der Waals surface area contributed by atoms with E-state index in [2.05, 4.69) is 4.90 Å². The van der Waals surface area contributed by atoms with Crippen LogP contribution in [-0.4, -0.2) is 47.8 Å². The Balaban J connectivity index is 1.92. The summed E-state index contributed by atoms with van der Waals surface area (Å²) in [5.41, 5.74) is 0. The molecule has 104 valence electrons. The van der Waals surface area contributed by atoms with E-state index in [-0.39, 0.29) is 12.1 Å². The highest BCUT2D eigenvalue weighted by Gasteiger charge is 2.33. The van der Waals surface area contributed by atoms with Gasteiger partial charge >= 0.3 is 5.97 Å². The Labute approximate surface area is 109 Å². The molecule has 1 N–H and O–H groups in total. The van der Waals surface area contributed by atoms with Crippen molar-refractivity contribution >= 4 is 5.97 Å². The van der Waals surface area contributed by atoms with Gasteiger partial charge in [-0.2, -0.15) is 0 Å². The molecule has 1 aliphatic carbocycles. The van der Waals surface area contributed by atoms with Crippen molar-refractivity contribution in [3.05, 3.63) is 0 Å². The lowest BCUT2D eigenvalue weighted by Gasteiger charge is -2.40. The quantitative estimate of drug-likeness (QED) is 0.836. The molecule has 0 bridgehead atoms. The lowest BCUT2D eigenvalue weighted by molar-refractivity contribution is -0.148. The number of hydrogen-bond acceptors (Lipinski definition) is 3. The molecule has 0 aromatic rings. The summed E-state index contributed by atoms with van der Waals surface area (Å²) in [6.45, 7) is 4.19. The molecular formula is C14H25NO3. The summed E-state index contributed by atoms with van der Waals surface area (Å²) in [5, 5.41) is 9.24. The van der Waals surface area contributed by atoms with Crippen molar-refractivity contribution in [1.29, 1.82) is 0 Å². The molecule has 2 aliphatic rings. The number of hydrogen-bond donors (Lipinski definition) is 1. The van der Waals surface area contributed by atoms with Crippen LogP contribution >= 0.6 is 0 Å². The molecule has 2 rings (SSSR count). The Morgan fingerprint density at radius 2 is 2.11 bits per heavy atom. The number of nitrogens with zero attached hydrogens (tertiary/aromatic N) is 1. The van der Waals surface area contributed by atoms with Gasteiger partial charge in [-0.15, -0.1) is 0 Å². The number of rotatable bonds is 4. The fourth-order valence-corrected chi connectivity index (χ4v) is 3.36. The van der Waals surface area contributed by atoms with Crippen LogP contribution in [0, 0.1) is 5.92 Å². The van der Waals surface area contributed by atoms with Gasteiger partial charge in [-0.1, -0.05) is 26.2 Å². The maximum absolute atomic E-state index is 11.2. The Hall–Kier alpha value is -0.610. The van der Waals surface area contributed by atoms with Crippen molar-refractivity contribution in [3.8, 4) is 0 Å². The van der Waals surface area contributed by atoms with Gasteiger partial charge in [0.1, 0.15) is 6.04 Å². The van der Waals surface area contributed by atoms with Gasteiger partial charge < -0.3 is 9.84 Å². The summed E-state index contributed by atoms with van der Waals surface area (Å²) in [4.78, 5) is 13.3. The van der Waals surface area contributed by atoms with Crippen LogP contribution in [0.5, 0.6) is 0 Å². The zero-order chi connectivity index (χ0) is 13.0. The van der Waals surface area contributed by atoms with E-state index in [0.29, 0.717) is 18.9 Å². The number of carboxylic acid groups (broad SMARTS) is 1. The molecule has 0 aromatic carbocycles. The second-order valence-electron chi connectivity index (χ2n) is 5.56. The first-order valence-electron chi connectivity index (χ1n) is 7.30. The fourth-order valence-electron chi connectivity index (χ4n) is 3.36. The first kappa shape index (κ1) is 13.8. The van der Waals surface area contributed by atoms with Crippen LogP contribution in [0.15, 0.2) is 0 Å². The second kappa shape index (κ2) is 6.53. The van der Waals surface area contributed by atoms with Crippen molar-refractivity contribution < 1.29 is 14.6 Å². The summed E-state index contributed by atoms with van der Waals surface area (Å²) in [7, 11) is 0. The maximum Gasteiger partial charge on any atom is 0.320 e. The predicted molar refractivity (Wildman–Crippen MR) is 69.6 cm³/mol. The molecule has 1 saturated carbocycles. The number of aliphatic carboxylic acids is 1. The van der Waals surface area contributed by atoms with Crippen molar-refractivity contribution in [3.63, 3.8) is 0 Å². The van der Waals surface area contributed by atoms with Gasteiger partial charge in [-0.3, -0.25) is 9.69 Å². The minimum Gasteiger partial charge on any atom is -0.480 e. The minimum absolute atomic E-state index is 0.257. The van der Waals surface area contributed by atoms with Crippen LogP contribution in [0.25, 0.3) is 0 Å². The average molecular weight is 255 g/mol. The SMILES string of the molecule is CCC(C(=O)O)N1CCOC(C2CCCCC2)C1. The van der Waals surface area contributed by atoms with Crippen LogP contribution in [-0.2, 0) is 9.53 Å². The molecule has 0 spiro atoms. The molecular weight excluding hydrogens is 230 g/mol. The van der Waals surface area contributed by atoms with Gasteiger partial charge in [0.2, 0.25) is 0 Å². The van der Waals surface area contributed by atoms with Crippen LogP contribution in [0.1, 0.15) is 45.4 Å². The molecule has 2 atom stereocenters. The van der Waals surface area contributed by atoms with Gasteiger partial charge in [-0.05, 0) is 25.2 Å². The van der Waals surface area contributed by atoms with Gasteiger partial charge in [-0.25, -0.2) is 0 Å².